The van der Waals surface area contributed by atoms with E-state index in [9.17, 15) is 0 Å². The van der Waals surface area contributed by atoms with Crippen LogP contribution in [-0.2, 0) is 4.74 Å². The van der Waals surface area contributed by atoms with E-state index in [2.05, 4.69) is 31.7 Å². The molecule has 0 aliphatic heterocycles. The summed E-state index contributed by atoms with van der Waals surface area (Å²) >= 11 is 0. The van der Waals surface area contributed by atoms with Gasteiger partial charge in [0.05, 0.1) is 24.8 Å². The molecule has 0 aromatic rings. The summed E-state index contributed by atoms with van der Waals surface area (Å²) in [6.45, 7) is 8.35. The summed E-state index contributed by atoms with van der Waals surface area (Å²) < 4.78 is 5.71. The minimum Gasteiger partial charge on any atom is -0.375 e. The molecule has 1 aliphatic rings. The molecule has 0 bridgehead atoms. The Balaban J connectivity index is 2.31. The van der Waals surface area contributed by atoms with E-state index >= 15 is 0 Å². The largest absolute Gasteiger partial charge is 0.375 e. The molecule has 1 aliphatic carbocycles. The lowest BCUT2D eigenvalue weighted by atomic mass is 10.2. The molecule has 0 radical (unpaired) electrons. The number of hydrogen-bond acceptors (Lipinski definition) is 3. The molecule has 0 spiro atoms. The quantitative estimate of drug-likeness (QED) is 0.673. The van der Waals surface area contributed by atoms with Crippen LogP contribution in [0.5, 0.6) is 0 Å². The first-order chi connectivity index (χ1) is 7.53. The maximum Gasteiger partial charge on any atom is 0.0869 e. The van der Waals surface area contributed by atoms with E-state index in [1.807, 2.05) is 0 Å². The summed E-state index contributed by atoms with van der Waals surface area (Å²) in [6, 6.07) is 2.88. The maximum atomic E-state index is 8.82. The third kappa shape index (κ3) is 4.96. The first-order valence-electron chi connectivity index (χ1n) is 6.28. The van der Waals surface area contributed by atoms with Crippen molar-refractivity contribution in [3.8, 4) is 6.07 Å². The summed E-state index contributed by atoms with van der Waals surface area (Å²) in [7, 11) is 0. The van der Waals surface area contributed by atoms with E-state index in [0.717, 1.165) is 13.2 Å². The second-order valence-corrected chi connectivity index (χ2v) is 5.53. The minimum atomic E-state index is -0.0754. The van der Waals surface area contributed by atoms with Gasteiger partial charge in [0, 0.05) is 12.6 Å². The Bertz CT molecular complexity index is 233. The van der Waals surface area contributed by atoms with Crippen LogP contribution >= 0.6 is 0 Å². The van der Waals surface area contributed by atoms with Crippen LogP contribution in [0.2, 0.25) is 0 Å². The van der Waals surface area contributed by atoms with E-state index in [4.69, 9.17) is 10.00 Å². The van der Waals surface area contributed by atoms with Gasteiger partial charge in [0.1, 0.15) is 0 Å². The highest BCUT2D eigenvalue weighted by atomic mass is 16.5. The van der Waals surface area contributed by atoms with Crippen molar-refractivity contribution in [2.75, 3.05) is 19.7 Å². The highest BCUT2D eigenvalue weighted by Crippen LogP contribution is 2.23. The van der Waals surface area contributed by atoms with Gasteiger partial charge in [0.2, 0.25) is 0 Å². The predicted octanol–water partition coefficient (Wildman–Crippen LogP) is 2.57. The Labute approximate surface area is 99.4 Å². The maximum absolute atomic E-state index is 8.82. The van der Waals surface area contributed by atoms with Crippen LogP contribution in [0.25, 0.3) is 0 Å². The second kappa shape index (κ2) is 6.22. The predicted molar refractivity (Wildman–Crippen MR) is 65.1 cm³/mol. The highest BCUT2D eigenvalue weighted by molar-refractivity contribution is 4.84. The van der Waals surface area contributed by atoms with Gasteiger partial charge in [-0.2, -0.15) is 5.26 Å². The molecule has 0 aromatic heterocycles. The van der Waals surface area contributed by atoms with Crippen LogP contribution in [0.15, 0.2) is 0 Å². The van der Waals surface area contributed by atoms with Gasteiger partial charge >= 0.3 is 0 Å². The van der Waals surface area contributed by atoms with Crippen molar-refractivity contribution >= 4 is 0 Å². The zero-order chi connectivity index (χ0) is 12.0. The van der Waals surface area contributed by atoms with Crippen molar-refractivity contribution in [3.05, 3.63) is 0 Å². The highest BCUT2D eigenvalue weighted by Gasteiger charge is 2.22. The van der Waals surface area contributed by atoms with Gasteiger partial charge in [-0.05, 0) is 33.6 Å². The molecule has 3 nitrogen and oxygen atoms in total. The van der Waals surface area contributed by atoms with Gasteiger partial charge in [-0.1, -0.05) is 12.8 Å². The second-order valence-electron chi connectivity index (χ2n) is 5.53. The lowest BCUT2D eigenvalue weighted by Gasteiger charge is -2.28. The third-order valence-corrected chi connectivity index (χ3v) is 3.03. The van der Waals surface area contributed by atoms with Crippen molar-refractivity contribution in [1.29, 1.82) is 5.26 Å². The van der Waals surface area contributed by atoms with Gasteiger partial charge in [0.15, 0.2) is 0 Å². The minimum absolute atomic E-state index is 0.0754. The lowest BCUT2D eigenvalue weighted by Crippen LogP contribution is -2.37. The van der Waals surface area contributed by atoms with Crippen molar-refractivity contribution in [2.24, 2.45) is 0 Å². The summed E-state index contributed by atoms with van der Waals surface area (Å²) in [5.74, 6) is 0. The molecule has 0 heterocycles. The average molecular weight is 224 g/mol. The number of ether oxygens (including phenoxy) is 1. The molecule has 0 aromatic carbocycles. The molecule has 16 heavy (non-hydrogen) atoms. The fourth-order valence-electron chi connectivity index (χ4n) is 2.22. The number of rotatable bonds is 5. The van der Waals surface area contributed by atoms with Crippen LogP contribution in [0, 0.1) is 11.3 Å². The van der Waals surface area contributed by atoms with Crippen LogP contribution in [0.3, 0.4) is 0 Å². The standard InChI is InChI=1S/C13H24N2O/c1-13(2,3)16-11-10-15(9-8-14)12-6-4-5-7-12/h12H,4-7,9-11H2,1-3H3. The Morgan fingerprint density at radius 1 is 1.31 bits per heavy atom. The summed E-state index contributed by atoms with van der Waals surface area (Å²) in [5.41, 5.74) is -0.0754. The fraction of sp³-hybridized carbons (Fsp3) is 0.923. The van der Waals surface area contributed by atoms with Gasteiger partial charge < -0.3 is 4.74 Å². The van der Waals surface area contributed by atoms with Crippen molar-refractivity contribution in [1.82, 2.24) is 4.90 Å². The van der Waals surface area contributed by atoms with Crippen LogP contribution in [0.4, 0.5) is 0 Å². The molecule has 3 heteroatoms. The molecule has 0 amide bonds. The topological polar surface area (TPSA) is 36.3 Å². The van der Waals surface area contributed by atoms with Crippen LogP contribution in [0.1, 0.15) is 46.5 Å². The van der Waals surface area contributed by atoms with Crippen molar-refractivity contribution < 1.29 is 4.74 Å². The number of nitriles is 1. The molecular formula is C13H24N2O. The third-order valence-electron chi connectivity index (χ3n) is 3.03. The van der Waals surface area contributed by atoms with Crippen molar-refractivity contribution in [2.45, 2.75) is 58.1 Å². The summed E-state index contributed by atoms with van der Waals surface area (Å²) in [5, 5.41) is 8.82. The first-order valence-corrected chi connectivity index (χ1v) is 6.28. The molecule has 0 N–H and O–H groups in total. The zero-order valence-corrected chi connectivity index (χ0v) is 10.8. The van der Waals surface area contributed by atoms with E-state index in [-0.39, 0.29) is 5.60 Å². The van der Waals surface area contributed by atoms with Crippen molar-refractivity contribution in [3.63, 3.8) is 0 Å². The Hall–Kier alpha value is -0.590. The zero-order valence-electron chi connectivity index (χ0n) is 10.8. The number of nitrogens with zero attached hydrogens (tertiary/aromatic N) is 2. The molecule has 92 valence electrons. The van der Waals surface area contributed by atoms with E-state index in [0.29, 0.717) is 12.6 Å². The van der Waals surface area contributed by atoms with Gasteiger partial charge in [-0.25, -0.2) is 0 Å². The Morgan fingerprint density at radius 2 is 1.94 bits per heavy atom. The first kappa shape index (κ1) is 13.5. The van der Waals surface area contributed by atoms with Gasteiger partial charge in [0.25, 0.3) is 0 Å². The van der Waals surface area contributed by atoms with Gasteiger partial charge in [-0.3, -0.25) is 4.90 Å². The van der Waals surface area contributed by atoms with E-state index in [1.54, 1.807) is 0 Å². The smallest absolute Gasteiger partial charge is 0.0869 e. The normalized spacial score (nSPS) is 17.9. The van der Waals surface area contributed by atoms with Gasteiger partial charge in [-0.15, -0.1) is 0 Å². The SMILES string of the molecule is CC(C)(C)OCCN(CC#N)C1CCCC1. The van der Waals surface area contributed by atoms with E-state index in [1.165, 1.54) is 25.7 Å². The fourth-order valence-corrected chi connectivity index (χ4v) is 2.22. The molecule has 1 saturated carbocycles. The molecule has 1 fully saturated rings. The number of hydrogen-bond donors (Lipinski definition) is 0. The average Bonchev–Trinajstić information content (AvgIpc) is 2.67. The molecule has 0 atom stereocenters. The molecule has 0 unspecified atom stereocenters. The molecular weight excluding hydrogens is 200 g/mol. The molecule has 1 rings (SSSR count). The molecule has 0 saturated heterocycles. The monoisotopic (exact) mass is 224 g/mol. The Morgan fingerprint density at radius 3 is 2.44 bits per heavy atom. The summed E-state index contributed by atoms with van der Waals surface area (Å²) in [4.78, 5) is 2.28. The summed E-state index contributed by atoms with van der Waals surface area (Å²) in [6.07, 6.45) is 5.12. The Kier molecular flexibility index (Phi) is 5.24. The van der Waals surface area contributed by atoms with Crippen LogP contribution < -0.4 is 0 Å². The van der Waals surface area contributed by atoms with E-state index < -0.39 is 0 Å². The lowest BCUT2D eigenvalue weighted by molar-refractivity contribution is -0.0158. The van der Waals surface area contributed by atoms with Crippen LogP contribution in [-0.4, -0.2) is 36.2 Å².